The summed E-state index contributed by atoms with van der Waals surface area (Å²) in [5, 5.41) is -0.101. The highest BCUT2D eigenvalue weighted by molar-refractivity contribution is 7.89. The molecule has 1 atom stereocenters. The lowest BCUT2D eigenvalue weighted by molar-refractivity contribution is 0.383. The molecule has 0 aromatic carbocycles. The molecule has 1 rings (SSSR count). The molecule has 0 amide bonds. The van der Waals surface area contributed by atoms with E-state index in [4.69, 9.17) is 11.6 Å². The first-order valence-corrected chi connectivity index (χ1v) is 9.68. The van der Waals surface area contributed by atoms with Crippen LogP contribution < -0.4 is 4.72 Å². The smallest absolute Gasteiger partial charge is 0.211 e. The molecule has 0 heterocycles. The molecule has 1 fully saturated rings. The highest BCUT2D eigenvalue weighted by Gasteiger charge is 2.23. The van der Waals surface area contributed by atoms with Gasteiger partial charge in [0.15, 0.2) is 0 Å². The number of nitrogens with one attached hydrogen (secondary N) is 1. The Kier molecular flexibility index (Phi) is 7.70. The maximum Gasteiger partial charge on any atom is 0.211 e. The molecule has 1 unspecified atom stereocenters. The van der Waals surface area contributed by atoms with Crippen molar-refractivity contribution in [3.8, 4) is 0 Å². The molecule has 3 nitrogen and oxygen atoms in total. The van der Waals surface area contributed by atoms with Gasteiger partial charge < -0.3 is 0 Å². The van der Waals surface area contributed by atoms with Crippen LogP contribution in [-0.4, -0.2) is 26.1 Å². The van der Waals surface area contributed by atoms with Gasteiger partial charge in [0, 0.05) is 11.9 Å². The van der Waals surface area contributed by atoms with E-state index in [1.54, 1.807) is 0 Å². The summed E-state index contributed by atoms with van der Waals surface area (Å²) in [4.78, 5) is 0. The summed E-state index contributed by atoms with van der Waals surface area (Å²) in [5.41, 5.74) is 0. The van der Waals surface area contributed by atoms with Crippen LogP contribution in [0, 0.1) is 11.8 Å². The van der Waals surface area contributed by atoms with Crippen molar-refractivity contribution in [2.24, 2.45) is 11.8 Å². The van der Waals surface area contributed by atoms with Crippen LogP contribution in [0.15, 0.2) is 0 Å². The number of hydrogen-bond donors (Lipinski definition) is 1. The average molecular weight is 310 g/mol. The van der Waals surface area contributed by atoms with Crippen LogP contribution in [-0.2, 0) is 10.0 Å². The number of hydrogen-bond acceptors (Lipinski definition) is 2. The Hall–Kier alpha value is 0.200. The number of rotatable bonds is 8. The zero-order valence-electron chi connectivity index (χ0n) is 12.2. The van der Waals surface area contributed by atoms with Crippen molar-refractivity contribution in [3.05, 3.63) is 0 Å². The second-order valence-corrected chi connectivity index (χ2v) is 8.14. The normalized spacial score (nSPS) is 19.8. The number of halogens is 1. The van der Waals surface area contributed by atoms with Gasteiger partial charge >= 0.3 is 0 Å². The van der Waals surface area contributed by atoms with Gasteiger partial charge in [-0.15, -0.1) is 11.6 Å². The quantitative estimate of drug-likeness (QED) is 0.697. The van der Waals surface area contributed by atoms with Crippen molar-refractivity contribution in [2.45, 2.75) is 64.2 Å². The number of sulfonamides is 1. The van der Waals surface area contributed by atoms with Gasteiger partial charge in [-0.25, -0.2) is 13.1 Å². The molecular weight excluding hydrogens is 282 g/mol. The van der Waals surface area contributed by atoms with E-state index in [-0.39, 0.29) is 11.1 Å². The van der Waals surface area contributed by atoms with E-state index >= 15 is 0 Å². The van der Waals surface area contributed by atoms with Crippen molar-refractivity contribution in [1.82, 2.24) is 4.72 Å². The highest BCUT2D eigenvalue weighted by atomic mass is 35.5. The van der Waals surface area contributed by atoms with Gasteiger partial charge in [-0.1, -0.05) is 46.0 Å². The van der Waals surface area contributed by atoms with Gasteiger partial charge in [-0.05, 0) is 24.7 Å². The number of alkyl halides is 1. The van der Waals surface area contributed by atoms with E-state index < -0.39 is 10.0 Å². The molecule has 1 N–H and O–H groups in total. The van der Waals surface area contributed by atoms with Crippen LogP contribution in [0.1, 0.15) is 58.8 Å². The van der Waals surface area contributed by atoms with Gasteiger partial charge in [0.2, 0.25) is 10.0 Å². The van der Waals surface area contributed by atoms with Crippen LogP contribution in [0.5, 0.6) is 0 Å². The predicted molar refractivity (Wildman–Crippen MR) is 82.1 cm³/mol. The fourth-order valence-electron chi connectivity index (χ4n) is 2.90. The van der Waals surface area contributed by atoms with Crippen LogP contribution in [0.2, 0.25) is 0 Å². The lowest BCUT2D eigenvalue weighted by Gasteiger charge is -2.23. The highest BCUT2D eigenvalue weighted by Crippen LogP contribution is 2.25. The standard InChI is InChI=1S/C14H28ClNO2S/c1-3-13(4-2)14(15)10-16-19(17,18)11-12-8-6-5-7-9-12/h12-14,16H,3-11H2,1-2H3. The molecule has 0 bridgehead atoms. The summed E-state index contributed by atoms with van der Waals surface area (Å²) in [5.74, 6) is 1.01. The minimum Gasteiger partial charge on any atom is -0.214 e. The van der Waals surface area contributed by atoms with Crippen LogP contribution in [0.4, 0.5) is 0 Å². The second kappa shape index (κ2) is 8.48. The first-order valence-electron chi connectivity index (χ1n) is 7.59. The van der Waals surface area contributed by atoms with E-state index in [1.165, 1.54) is 19.3 Å². The van der Waals surface area contributed by atoms with Gasteiger partial charge in [-0.2, -0.15) is 0 Å². The molecule has 5 heteroatoms. The lowest BCUT2D eigenvalue weighted by atomic mass is 9.91. The monoisotopic (exact) mass is 309 g/mol. The third-order valence-electron chi connectivity index (χ3n) is 4.24. The first kappa shape index (κ1) is 17.3. The van der Waals surface area contributed by atoms with Crippen molar-refractivity contribution in [2.75, 3.05) is 12.3 Å². The Labute approximate surface area is 123 Å². The average Bonchev–Trinajstić information content (AvgIpc) is 2.38. The predicted octanol–water partition coefficient (Wildman–Crippen LogP) is 3.53. The molecule has 19 heavy (non-hydrogen) atoms. The van der Waals surface area contributed by atoms with Gasteiger partial charge in [0.05, 0.1) is 5.75 Å². The molecule has 1 aliphatic carbocycles. The van der Waals surface area contributed by atoms with Crippen molar-refractivity contribution in [3.63, 3.8) is 0 Å². The third kappa shape index (κ3) is 6.46. The zero-order valence-corrected chi connectivity index (χ0v) is 13.8. The van der Waals surface area contributed by atoms with Crippen molar-refractivity contribution < 1.29 is 8.42 Å². The van der Waals surface area contributed by atoms with Crippen LogP contribution >= 0.6 is 11.6 Å². The van der Waals surface area contributed by atoms with Crippen molar-refractivity contribution in [1.29, 1.82) is 0 Å². The molecule has 0 radical (unpaired) electrons. The summed E-state index contributed by atoms with van der Waals surface area (Å²) < 4.78 is 26.8. The summed E-state index contributed by atoms with van der Waals surface area (Å²) >= 11 is 6.27. The van der Waals surface area contributed by atoms with E-state index in [9.17, 15) is 8.42 Å². The van der Waals surface area contributed by atoms with E-state index in [2.05, 4.69) is 18.6 Å². The second-order valence-electron chi connectivity index (χ2n) is 5.73. The van der Waals surface area contributed by atoms with Gasteiger partial charge in [0.25, 0.3) is 0 Å². The van der Waals surface area contributed by atoms with E-state index in [0.29, 0.717) is 18.4 Å². The summed E-state index contributed by atoms with van der Waals surface area (Å²) in [6.45, 7) is 4.56. The largest absolute Gasteiger partial charge is 0.214 e. The molecule has 114 valence electrons. The maximum atomic E-state index is 12.0. The third-order valence-corrected chi connectivity index (χ3v) is 6.27. The molecule has 1 saturated carbocycles. The SMILES string of the molecule is CCC(CC)C(Cl)CNS(=O)(=O)CC1CCCCC1. The Bertz CT molecular complexity index is 335. The molecular formula is C14H28ClNO2S. The van der Waals surface area contributed by atoms with Gasteiger partial charge in [0.1, 0.15) is 0 Å². The summed E-state index contributed by atoms with van der Waals surface area (Å²) in [7, 11) is -3.16. The molecule has 0 saturated heterocycles. The Balaban J connectivity index is 2.37. The Morgan fingerprint density at radius 3 is 2.26 bits per heavy atom. The van der Waals surface area contributed by atoms with Crippen LogP contribution in [0.3, 0.4) is 0 Å². The lowest BCUT2D eigenvalue weighted by Crippen LogP contribution is -2.36. The summed E-state index contributed by atoms with van der Waals surface area (Å²) in [6, 6.07) is 0. The zero-order chi connectivity index (χ0) is 14.3. The topological polar surface area (TPSA) is 46.2 Å². The van der Waals surface area contributed by atoms with Crippen molar-refractivity contribution >= 4 is 21.6 Å². The summed E-state index contributed by atoms with van der Waals surface area (Å²) in [6.07, 6.45) is 7.69. The van der Waals surface area contributed by atoms with E-state index in [1.807, 2.05) is 0 Å². The first-order chi connectivity index (χ1) is 8.98. The fourth-order valence-corrected chi connectivity index (χ4v) is 4.93. The van der Waals surface area contributed by atoms with Gasteiger partial charge in [-0.3, -0.25) is 0 Å². The Morgan fingerprint density at radius 2 is 1.74 bits per heavy atom. The molecule has 0 aromatic rings. The molecule has 0 spiro atoms. The molecule has 1 aliphatic rings. The minimum atomic E-state index is -3.16. The maximum absolute atomic E-state index is 12.0. The molecule has 0 aromatic heterocycles. The Morgan fingerprint density at radius 1 is 1.16 bits per heavy atom. The molecule has 0 aliphatic heterocycles. The minimum absolute atomic E-state index is 0.101. The fraction of sp³-hybridized carbons (Fsp3) is 1.00. The van der Waals surface area contributed by atoms with E-state index in [0.717, 1.165) is 25.7 Å². The van der Waals surface area contributed by atoms with Crippen LogP contribution in [0.25, 0.3) is 0 Å².